The van der Waals surface area contributed by atoms with Crippen LogP contribution in [0.1, 0.15) is 5.56 Å². The van der Waals surface area contributed by atoms with Crippen LogP contribution in [0.15, 0.2) is 18.2 Å². The van der Waals surface area contributed by atoms with E-state index >= 15 is 0 Å². The normalized spacial score (nSPS) is 11.7. The maximum Gasteiger partial charge on any atom is 0.329 e. The Labute approximate surface area is 73.2 Å². The van der Waals surface area contributed by atoms with Gasteiger partial charge in [0.1, 0.15) is 0 Å². The average Bonchev–Trinajstić information content (AvgIpc) is 1.94. The van der Waals surface area contributed by atoms with Gasteiger partial charge in [0.05, 0.1) is 6.16 Å². The fraction of sp³-hybridized carbons (Fsp3) is 0.143. The molecule has 6 heteroatoms. The van der Waals surface area contributed by atoms with E-state index in [0.717, 1.165) is 18.2 Å². The van der Waals surface area contributed by atoms with Crippen LogP contribution in [0.4, 0.5) is 8.78 Å². The third kappa shape index (κ3) is 3.22. The first-order chi connectivity index (χ1) is 5.88. The maximum atomic E-state index is 12.5. The molecular weight excluding hydrogens is 201 g/mol. The molecule has 0 saturated heterocycles. The van der Waals surface area contributed by atoms with Gasteiger partial charge in [0.25, 0.3) is 0 Å². The summed E-state index contributed by atoms with van der Waals surface area (Å²) in [4.78, 5) is 17.1. The van der Waals surface area contributed by atoms with E-state index in [4.69, 9.17) is 9.79 Å². The lowest BCUT2D eigenvalue weighted by molar-refractivity contribution is 0.371. The lowest BCUT2D eigenvalue weighted by atomic mass is 10.2. The minimum atomic E-state index is -4.21. The SMILES string of the molecule is O=P(O)(O)Cc1ccc(F)c(F)c1. The second kappa shape index (κ2) is 3.54. The Hall–Kier alpha value is -0.770. The van der Waals surface area contributed by atoms with Crippen molar-refractivity contribution in [1.29, 1.82) is 0 Å². The fourth-order valence-corrected chi connectivity index (χ4v) is 1.55. The van der Waals surface area contributed by atoms with Crippen LogP contribution in [0.3, 0.4) is 0 Å². The summed E-state index contributed by atoms with van der Waals surface area (Å²) in [6.45, 7) is 0. The van der Waals surface area contributed by atoms with Crippen molar-refractivity contribution in [1.82, 2.24) is 0 Å². The first kappa shape index (κ1) is 10.3. The molecule has 0 fully saturated rings. The van der Waals surface area contributed by atoms with Gasteiger partial charge in [0.2, 0.25) is 0 Å². The lowest BCUT2D eigenvalue weighted by Gasteiger charge is -2.03. The second-order valence-corrected chi connectivity index (χ2v) is 4.22. The van der Waals surface area contributed by atoms with E-state index in [-0.39, 0.29) is 5.56 Å². The van der Waals surface area contributed by atoms with Crippen molar-refractivity contribution in [3.8, 4) is 0 Å². The Morgan fingerprint density at radius 1 is 1.23 bits per heavy atom. The lowest BCUT2D eigenvalue weighted by Crippen LogP contribution is -1.90. The van der Waals surface area contributed by atoms with Gasteiger partial charge >= 0.3 is 7.60 Å². The topological polar surface area (TPSA) is 57.5 Å². The molecule has 0 atom stereocenters. The van der Waals surface area contributed by atoms with E-state index < -0.39 is 25.4 Å². The molecule has 1 aromatic carbocycles. The first-order valence-corrected chi connectivity index (χ1v) is 5.17. The first-order valence-electron chi connectivity index (χ1n) is 3.37. The van der Waals surface area contributed by atoms with Gasteiger partial charge in [-0.3, -0.25) is 4.57 Å². The van der Waals surface area contributed by atoms with Gasteiger partial charge in [-0.2, -0.15) is 0 Å². The summed E-state index contributed by atoms with van der Waals surface area (Å²) in [6.07, 6.45) is -0.579. The third-order valence-electron chi connectivity index (χ3n) is 1.37. The van der Waals surface area contributed by atoms with Crippen LogP contribution >= 0.6 is 7.60 Å². The van der Waals surface area contributed by atoms with Crippen LogP contribution in [-0.4, -0.2) is 9.79 Å². The van der Waals surface area contributed by atoms with Gasteiger partial charge in [0, 0.05) is 0 Å². The number of halogens is 2. The van der Waals surface area contributed by atoms with Crippen molar-refractivity contribution < 1.29 is 23.1 Å². The van der Waals surface area contributed by atoms with Gasteiger partial charge in [-0.25, -0.2) is 8.78 Å². The standard InChI is InChI=1S/C7H7F2O3P/c8-6-2-1-5(3-7(6)9)4-13(10,11)12/h1-3H,4H2,(H2,10,11,12). The predicted octanol–water partition coefficient (Wildman–Crippen LogP) is 1.64. The van der Waals surface area contributed by atoms with Crippen molar-refractivity contribution in [2.24, 2.45) is 0 Å². The highest BCUT2D eigenvalue weighted by Gasteiger charge is 2.14. The van der Waals surface area contributed by atoms with Gasteiger partial charge in [-0.15, -0.1) is 0 Å². The summed E-state index contributed by atoms with van der Waals surface area (Å²) in [5, 5.41) is 0. The second-order valence-electron chi connectivity index (χ2n) is 2.57. The molecule has 0 saturated carbocycles. The van der Waals surface area contributed by atoms with Gasteiger partial charge < -0.3 is 9.79 Å². The maximum absolute atomic E-state index is 12.5. The van der Waals surface area contributed by atoms with Crippen molar-refractivity contribution in [3.63, 3.8) is 0 Å². The largest absolute Gasteiger partial charge is 0.329 e. The molecule has 72 valence electrons. The number of rotatable bonds is 2. The summed E-state index contributed by atoms with van der Waals surface area (Å²) < 4.78 is 35.4. The molecule has 0 aliphatic carbocycles. The summed E-state index contributed by atoms with van der Waals surface area (Å²) in [6, 6.07) is 2.74. The molecule has 1 aromatic rings. The zero-order valence-corrected chi connectivity index (χ0v) is 7.34. The molecule has 0 aliphatic rings. The number of hydrogen-bond donors (Lipinski definition) is 2. The number of hydrogen-bond acceptors (Lipinski definition) is 1. The summed E-state index contributed by atoms with van der Waals surface area (Å²) in [7, 11) is -4.21. The van der Waals surface area contributed by atoms with Crippen LogP contribution in [0.25, 0.3) is 0 Å². The zero-order valence-electron chi connectivity index (χ0n) is 6.44. The highest BCUT2D eigenvalue weighted by molar-refractivity contribution is 7.50. The van der Waals surface area contributed by atoms with Crippen molar-refractivity contribution in [2.45, 2.75) is 6.16 Å². The molecule has 0 radical (unpaired) electrons. The third-order valence-corrected chi connectivity index (χ3v) is 2.15. The molecule has 3 nitrogen and oxygen atoms in total. The van der Waals surface area contributed by atoms with E-state index in [1.54, 1.807) is 0 Å². The van der Waals surface area contributed by atoms with Crippen molar-refractivity contribution in [2.75, 3.05) is 0 Å². The van der Waals surface area contributed by atoms with Crippen LogP contribution in [0.5, 0.6) is 0 Å². The molecule has 0 heterocycles. The highest BCUT2D eigenvalue weighted by atomic mass is 31.2. The van der Waals surface area contributed by atoms with Gasteiger partial charge in [0.15, 0.2) is 11.6 Å². The number of benzene rings is 1. The summed E-state index contributed by atoms with van der Waals surface area (Å²) in [5.74, 6) is -2.14. The fourth-order valence-electron chi connectivity index (χ4n) is 0.876. The van der Waals surface area contributed by atoms with Crippen molar-refractivity contribution >= 4 is 7.60 Å². The molecule has 0 aromatic heterocycles. The summed E-state index contributed by atoms with van der Waals surface area (Å²) >= 11 is 0. The van der Waals surface area contributed by atoms with E-state index in [2.05, 4.69) is 0 Å². The zero-order chi connectivity index (χ0) is 10.1. The highest BCUT2D eigenvalue weighted by Crippen LogP contribution is 2.39. The molecule has 1 rings (SSSR count). The Bertz CT molecular complexity index is 361. The Kier molecular flexibility index (Phi) is 2.81. The van der Waals surface area contributed by atoms with Crippen LogP contribution in [0, 0.1) is 11.6 Å². The van der Waals surface area contributed by atoms with Gasteiger partial charge in [-0.1, -0.05) is 6.07 Å². The minimum absolute atomic E-state index is 0.0761. The van der Waals surface area contributed by atoms with Crippen LogP contribution in [-0.2, 0) is 10.7 Å². The molecule has 0 unspecified atom stereocenters. The molecule has 0 amide bonds. The average molecular weight is 208 g/mol. The smallest absolute Gasteiger partial charge is 0.324 e. The molecular formula is C7H7F2O3P. The van der Waals surface area contributed by atoms with Gasteiger partial charge in [-0.05, 0) is 17.7 Å². The van der Waals surface area contributed by atoms with E-state index in [1.807, 2.05) is 0 Å². The monoisotopic (exact) mass is 208 g/mol. The minimum Gasteiger partial charge on any atom is -0.324 e. The Morgan fingerprint density at radius 3 is 2.31 bits per heavy atom. The molecule has 0 spiro atoms. The van der Waals surface area contributed by atoms with E-state index in [1.165, 1.54) is 0 Å². The van der Waals surface area contributed by atoms with Crippen LogP contribution in [0.2, 0.25) is 0 Å². The quantitative estimate of drug-likeness (QED) is 0.726. The Morgan fingerprint density at radius 2 is 1.85 bits per heavy atom. The van der Waals surface area contributed by atoms with E-state index in [0.29, 0.717) is 0 Å². The molecule has 2 N–H and O–H groups in total. The van der Waals surface area contributed by atoms with Crippen molar-refractivity contribution in [3.05, 3.63) is 35.4 Å². The van der Waals surface area contributed by atoms with Crippen LogP contribution < -0.4 is 0 Å². The molecule has 13 heavy (non-hydrogen) atoms. The predicted molar refractivity (Wildman–Crippen MR) is 42.1 cm³/mol. The summed E-state index contributed by atoms with van der Waals surface area (Å²) in [5.41, 5.74) is 0.0761. The Balaban J connectivity index is 2.92. The van der Waals surface area contributed by atoms with E-state index in [9.17, 15) is 13.3 Å². The molecule has 0 aliphatic heterocycles. The molecule has 0 bridgehead atoms.